The molecule has 0 radical (unpaired) electrons. The van der Waals surface area contributed by atoms with E-state index >= 15 is 0 Å². The topological polar surface area (TPSA) is 58.0 Å². The summed E-state index contributed by atoms with van der Waals surface area (Å²) in [5, 5.41) is 13.8. The fourth-order valence-corrected chi connectivity index (χ4v) is 3.79. The van der Waals surface area contributed by atoms with Crippen molar-refractivity contribution in [1.82, 2.24) is 9.97 Å². The summed E-state index contributed by atoms with van der Waals surface area (Å²) in [6.07, 6.45) is 1.58. The van der Waals surface area contributed by atoms with E-state index in [9.17, 15) is 5.11 Å². The molecule has 0 aliphatic heterocycles. The number of benzene rings is 2. The van der Waals surface area contributed by atoms with Crippen LogP contribution in [0.2, 0.25) is 0 Å². The Hall–Kier alpha value is -2.63. The highest BCUT2D eigenvalue weighted by molar-refractivity contribution is 7.19. The summed E-state index contributed by atoms with van der Waals surface area (Å²) >= 11 is 1.67. The van der Waals surface area contributed by atoms with E-state index in [-0.39, 0.29) is 18.2 Å². The molecule has 2 aromatic heterocycles. The molecule has 4 rings (SSSR count). The number of nitrogens with zero attached hydrogens (tertiary/aromatic N) is 2. The predicted molar refractivity (Wildman–Crippen MR) is 106 cm³/mol. The molecule has 0 aliphatic carbocycles. The number of halogens is 1. The van der Waals surface area contributed by atoms with Gasteiger partial charge in [-0.3, -0.25) is 0 Å². The second-order valence-corrected chi connectivity index (χ2v) is 6.68. The molecule has 0 unspecified atom stereocenters. The SMILES string of the molecule is Cc1sc2ncnc(Nc3ccc(O)cc3)c2c1-c1ccccc1.Cl. The van der Waals surface area contributed by atoms with E-state index in [1.54, 1.807) is 29.8 Å². The first-order valence-corrected chi connectivity index (χ1v) is 8.39. The zero-order valence-corrected chi connectivity index (χ0v) is 15.1. The third-order valence-electron chi connectivity index (χ3n) is 3.86. The van der Waals surface area contributed by atoms with E-state index in [1.165, 1.54) is 4.88 Å². The second kappa shape index (κ2) is 7.09. The molecule has 2 aromatic carbocycles. The van der Waals surface area contributed by atoms with Crippen LogP contribution in [0.1, 0.15) is 4.88 Å². The van der Waals surface area contributed by atoms with Gasteiger partial charge in [-0.05, 0) is 36.8 Å². The third kappa shape index (κ3) is 3.29. The van der Waals surface area contributed by atoms with E-state index < -0.39 is 0 Å². The lowest BCUT2D eigenvalue weighted by Gasteiger charge is -2.09. The van der Waals surface area contributed by atoms with Crippen LogP contribution in [0.15, 0.2) is 60.9 Å². The predicted octanol–water partition coefficient (Wildman–Crippen LogP) is 5.54. The van der Waals surface area contributed by atoms with Gasteiger partial charge in [-0.2, -0.15) is 0 Å². The van der Waals surface area contributed by atoms with Gasteiger partial charge in [0.2, 0.25) is 0 Å². The number of nitrogens with one attached hydrogen (secondary N) is 1. The first-order chi connectivity index (χ1) is 11.7. The van der Waals surface area contributed by atoms with Crippen LogP contribution in [-0.4, -0.2) is 15.1 Å². The van der Waals surface area contributed by atoms with Crippen LogP contribution in [-0.2, 0) is 0 Å². The molecule has 0 spiro atoms. The Kier molecular flexibility index (Phi) is 4.88. The highest BCUT2D eigenvalue weighted by Gasteiger charge is 2.16. The number of hydrogen-bond donors (Lipinski definition) is 2. The van der Waals surface area contributed by atoms with E-state index in [0.29, 0.717) is 0 Å². The number of phenols is 1. The standard InChI is InChI=1S/C19H15N3OS.ClH/c1-12-16(13-5-3-2-4-6-13)17-18(20-11-21-19(17)24-12)22-14-7-9-15(23)10-8-14;/h2-11,23H,1H3,(H,20,21,22);1H. The Morgan fingerprint density at radius 2 is 1.68 bits per heavy atom. The lowest BCUT2D eigenvalue weighted by Crippen LogP contribution is -1.95. The van der Waals surface area contributed by atoms with Crippen molar-refractivity contribution in [3.8, 4) is 16.9 Å². The quantitative estimate of drug-likeness (QED) is 0.465. The van der Waals surface area contributed by atoms with Gasteiger partial charge in [0.25, 0.3) is 0 Å². The average Bonchev–Trinajstić information content (AvgIpc) is 2.94. The van der Waals surface area contributed by atoms with Crippen molar-refractivity contribution in [2.75, 3.05) is 5.32 Å². The molecule has 0 amide bonds. The molecule has 0 saturated heterocycles. The van der Waals surface area contributed by atoms with Gasteiger partial charge >= 0.3 is 0 Å². The summed E-state index contributed by atoms with van der Waals surface area (Å²) in [7, 11) is 0. The van der Waals surface area contributed by atoms with Crippen molar-refractivity contribution in [3.05, 3.63) is 65.8 Å². The molecule has 0 aliphatic rings. The molecule has 0 bridgehead atoms. The smallest absolute Gasteiger partial charge is 0.143 e. The average molecular weight is 370 g/mol. The van der Waals surface area contributed by atoms with E-state index in [0.717, 1.165) is 32.8 Å². The molecule has 0 saturated carbocycles. The summed E-state index contributed by atoms with van der Waals surface area (Å²) in [4.78, 5) is 11.1. The van der Waals surface area contributed by atoms with Gasteiger partial charge in [0.05, 0.1) is 5.39 Å². The van der Waals surface area contributed by atoms with E-state index in [2.05, 4.69) is 34.3 Å². The molecule has 6 heteroatoms. The van der Waals surface area contributed by atoms with Gasteiger partial charge in [-0.25, -0.2) is 9.97 Å². The highest BCUT2D eigenvalue weighted by Crippen LogP contribution is 2.40. The number of rotatable bonds is 3. The van der Waals surface area contributed by atoms with Gasteiger partial charge in [0.15, 0.2) is 0 Å². The summed E-state index contributed by atoms with van der Waals surface area (Å²) in [6, 6.07) is 17.2. The van der Waals surface area contributed by atoms with Crippen LogP contribution >= 0.6 is 23.7 Å². The molecule has 0 fully saturated rings. The Balaban J connectivity index is 0.00000182. The highest BCUT2D eigenvalue weighted by atomic mass is 35.5. The third-order valence-corrected chi connectivity index (χ3v) is 4.87. The normalized spacial score (nSPS) is 10.4. The molecular weight excluding hydrogens is 354 g/mol. The van der Waals surface area contributed by atoms with Crippen molar-refractivity contribution in [2.45, 2.75) is 6.92 Å². The summed E-state index contributed by atoms with van der Waals surface area (Å²) in [6.45, 7) is 2.11. The second-order valence-electron chi connectivity index (χ2n) is 5.47. The maximum atomic E-state index is 9.44. The van der Waals surface area contributed by atoms with Gasteiger partial charge in [0.1, 0.15) is 22.7 Å². The maximum Gasteiger partial charge on any atom is 0.143 e. The Morgan fingerprint density at radius 1 is 0.960 bits per heavy atom. The van der Waals surface area contributed by atoms with Crippen LogP contribution in [0.5, 0.6) is 5.75 Å². The van der Waals surface area contributed by atoms with Crippen molar-refractivity contribution in [2.24, 2.45) is 0 Å². The van der Waals surface area contributed by atoms with Crippen LogP contribution in [0.25, 0.3) is 21.3 Å². The van der Waals surface area contributed by atoms with Crippen molar-refractivity contribution in [1.29, 1.82) is 0 Å². The van der Waals surface area contributed by atoms with Crippen molar-refractivity contribution >= 4 is 45.5 Å². The van der Waals surface area contributed by atoms with Gasteiger partial charge in [0, 0.05) is 16.1 Å². The lowest BCUT2D eigenvalue weighted by molar-refractivity contribution is 0.475. The number of aryl methyl sites for hydroxylation is 1. The molecule has 0 atom stereocenters. The Morgan fingerprint density at radius 3 is 2.40 bits per heavy atom. The first kappa shape index (κ1) is 17.2. The van der Waals surface area contributed by atoms with Crippen LogP contribution in [0.3, 0.4) is 0 Å². The number of hydrogen-bond acceptors (Lipinski definition) is 5. The van der Waals surface area contributed by atoms with E-state index in [4.69, 9.17) is 0 Å². The number of thiophene rings is 1. The van der Waals surface area contributed by atoms with Gasteiger partial charge in [-0.1, -0.05) is 30.3 Å². The van der Waals surface area contributed by atoms with Crippen LogP contribution in [0, 0.1) is 6.92 Å². The number of anilines is 2. The molecule has 126 valence electrons. The summed E-state index contributed by atoms with van der Waals surface area (Å²) in [5.41, 5.74) is 3.19. The molecule has 4 nitrogen and oxygen atoms in total. The van der Waals surface area contributed by atoms with Crippen molar-refractivity contribution < 1.29 is 5.11 Å². The lowest BCUT2D eigenvalue weighted by atomic mass is 10.0. The minimum absolute atomic E-state index is 0. The fraction of sp³-hybridized carbons (Fsp3) is 0.0526. The first-order valence-electron chi connectivity index (χ1n) is 7.58. The van der Waals surface area contributed by atoms with E-state index in [1.807, 2.05) is 30.3 Å². The Labute approximate surface area is 155 Å². The largest absolute Gasteiger partial charge is 0.508 e. The number of fused-ring (bicyclic) bond motifs is 1. The minimum atomic E-state index is 0. The summed E-state index contributed by atoms with van der Waals surface area (Å²) < 4.78 is 0. The molecule has 2 N–H and O–H groups in total. The Bertz CT molecular complexity index is 1000. The van der Waals surface area contributed by atoms with Crippen LogP contribution < -0.4 is 5.32 Å². The zero-order valence-electron chi connectivity index (χ0n) is 13.4. The van der Waals surface area contributed by atoms with Crippen LogP contribution in [0.4, 0.5) is 11.5 Å². The fourth-order valence-electron chi connectivity index (χ4n) is 2.77. The minimum Gasteiger partial charge on any atom is -0.508 e. The number of aromatic nitrogens is 2. The maximum absolute atomic E-state index is 9.44. The zero-order chi connectivity index (χ0) is 16.5. The molecule has 4 aromatic rings. The summed E-state index contributed by atoms with van der Waals surface area (Å²) in [5.74, 6) is 1.01. The van der Waals surface area contributed by atoms with Crippen molar-refractivity contribution in [3.63, 3.8) is 0 Å². The monoisotopic (exact) mass is 369 g/mol. The molecule has 25 heavy (non-hydrogen) atoms. The van der Waals surface area contributed by atoms with Gasteiger partial charge in [-0.15, -0.1) is 23.7 Å². The number of phenolic OH excluding ortho intramolecular Hbond substituents is 1. The molecular formula is C19H16ClN3OS. The number of aromatic hydroxyl groups is 1. The molecule has 2 heterocycles. The van der Waals surface area contributed by atoms with Gasteiger partial charge < -0.3 is 10.4 Å².